The molecule has 0 spiro atoms. The van der Waals surface area contributed by atoms with Gasteiger partial charge in [0, 0.05) is 16.6 Å². The van der Waals surface area contributed by atoms with Crippen LogP contribution in [0.15, 0.2) is 24.4 Å². The molecule has 0 aliphatic carbocycles. The average molecular weight is 364 g/mol. The van der Waals surface area contributed by atoms with Crippen molar-refractivity contribution in [2.75, 3.05) is 13.2 Å². The van der Waals surface area contributed by atoms with Gasteiger partial charge < -0.3 is 19.9 Å². The molecule has 0 saturated heterocycles. The number of nitrogens with one attached hydrogen (secondary N) is 1. The van der Waals surface area contributed by atoms with Gasteiger partial charge in [-0.3, -0.25) is 4.79 Å². The first-order valence-corrected chi connectivity index (χ1v) is 8.68. The first-order valence-electron chi connectivity index (χ1n) is 7.86. The summed E-state index contributed by atoms with van der Waals surface area (Å²) in [5.41, 5.74) is 0.401. The van der Waals surface area contributed by atoms with Crippen molar-refractivity contribution < 1.29 is 24.2 Å². The highest BCUT2D eigenvalue weighted by Gasteiger charge is 2.13. The molecule has 2 rings (SSSR count). The maximum atomic E-state index is 12.3. The highest BCUT2D eigenvalue weighted by molar-refractivity contribution is 7.11. The molecule has 0 aliphatic heterocycles. The number of rotatable bonds is 9. The van der Waals surface area contributed by atoms with Gasteiger partial charge in [-0.15, -0.1) is 11.3 Å². The van der Waals surface area contributed by atoms with Crippen LogP contribution in [0.2, 0.25) is 0 Å². The van der Waals surface area contributed by atoms with Crippen molar-refractivity contribution in [1.29, 1.82) is 0 Å². The van der Waals surface area contributed by atoms with Crippen LogP contribution in [0.1, 0.15) is 34.1 Å². The summed E-state index contributed by atoms with van der Waals surface area (Å²) >= 11 is 1.57. The summed E-state index contributed by atoms with van der Waals surface area (Å²) in [6.45, 7) is 4.09. The number of ether oxygens (including phenoxy) is 2. The lowest BCUT2D eigenvalue weighted by atomic mass is 10.2. The quantitative estimate of drug-likeness (QED) is 0.709. The van der Waals surface area contributed by atoms with Gasteiger partial charge in [0.25, 0.3) is 5.91 Å². The summed E-state index contributed by atoms with van der Waals surface area (Å²) in [5, 5.41) is 12.4. The van der Waals surface area contributed by atoms with E-state index in [1.807, 2.05) is 6.20 Å². The molecule has 134 valence electrons. The first kappa shape index (κ1) is 18.7. The molecule has 1 aromatic heterocycles. The van der Waals surface area contributed by atoms with E-state index < -0.39 is 12.6 Å². The fourth-order valence-electron chi connectivity index (χ4n) is 2.03. The average Bonchev–Trinajstić information content (AvgIpc) is 3.06. The fourth-order valence-corrected chi connectivity index (χ4v) is 2.83. The van der Waals surface area contributed by atoms with Gasteiger partial charge >= 0.3 is 5.97 Å². The number of hydrogen-bond acceptors (Lipinski definition) is 6. The van der Waals surface area contributed by atoms with E-state index in [2.05, 4.69) is 17.2 Å². The van der Waals surface area contributed by atoms with Gasteiger partial charge in [0.2, 0.25) is 0 Å². The molecule has 7 nitrogen and oxygen atoms in total. The smallest absolute Gasteiger partial charge is 0.341 e. The molecule has 8 heteroatoms. The highest BCUT2D eigenvalue weighted by Crippen LogP contribution is 2.28. The lowest BCUT2D eigenvalue weighted by Crippen LogP contribution is -2.22. The Bertz CT molecular complexity index is 744. The molecule has 1 aromatic carbocycles. The number of carboxylic acid groups (broad SMARTS) is 1. The molecule has 0 bridgehead atoms. The lowest BCUT2D eigenvalue weighted by molar-refractivity contribution is -0.139. The number of aromatic nitrogens is 1. The lowest BCUT2D eigenvalue weighted by Gasteiger charge is -2.12. The number of thiazole rings is 1. The van der Waals surface area contributed by atoms with Gasteiger partial charge in [-0.2, -0.15) is 0 Å². The zero-order valence-electron chi connectivity index (χ0n) is 14.1. The van der Waals surface area contributed by atoms with Crippen LogP contribution in [-0.4, -0.2) is 35.2 Å². The number of carbonyl (C=O) groups is 2. The van der Waals surface area contributed by atoms with E-state index >= 15 is 0 Å². The Hall–Kier alpha value is -2.61. The molecule has 2 N–H and O–H groups in total. The number of benzene rings is 1. The standard InChI is InChI=1S/C17H20N2O5S/c1-3-12-8-18-15(25-12)9-19-17(22)11-5-6-13(24-10-16(20)21)14(7-11)23-4-2/h5-8H,3-4,9-10H2,1-2H3,(H,19,22)(H,20,21). The summed E-state index contributed by atoms with van der Waals surface area (Å²) in [4.78, 5) is 28.4. The third-order valence-corrected chi connectivity index (χ3v) is 4.35. The Morgan fingerprint density at radius 2 is 2.04 bits per heavy atom. The second-order valence-electron chi connectivity index (χ2n) is 5.03. The monoisotopic (exact) mass is 364 g/mol. The van der Waals surface area contributed by atoms with Crippen LogP contribution in [-0.2, 0) is 17.8 Å². The van der Waals surface area contributed by atoms with Crippen molar-refractivity contribution in [3.63, 3.8) is 0 Å². The van der Waals surface area contributed by atoms with Crippen LogP contribution in [0.3, 0.4) is 0 Å². The normalized spacial score (nSPS) is 10.3. The van der Waals surface area contributed by atoms with Gasteiger partial charge in [-0.05, 0) is 31.5 Å². The maximum absolute atomic E-state index is 12.3. The number of nitrogens with zero attached hydrogens (tertiary/aromatic N) is 1. The molecular formula is C17H20N2O5S. The largest absolute Gasteiger partial charge is 0.490 e. The third kappa shape index (κ3) is 5.46. The summed E-state index contributed by atoms with van der Waals surface area (Å²) in [5.74, 6) is -0.731. The molecule has 2 aromatic rings. The van der Waals surface area contributed by atoms with E-state index in [1.165, 1.54) is 17.0 Å². The zero-order chi connectivity index (χ0) is 18.2. The predicted octanol–water partition coefficient (Wildman–Crippen LogP) is 2.50. The second kappa shape index (κ2) is 9.03. The SMILES string of the molecule is CCOc1cc(C(=O)NCc2ncc(CC)s2)ccc1OCC(=O)O. The van der Waals surface area contributed by atoms with Crippen LogP contribution >= 0.6 is 11.3 Å². The Morgan fingerprint density at radius 1 is 1.24 bits per heavy atom. The second-order valence-corrected chi connectivity index (χ2v) is 6.23. The highest BCUT2D eigenvalue weighted by atomic mass is 32.1. The van der Waals surface area contributed by atoms with E-state index in [4.69, 9.17) is 14.6 Å². The molecule has 0 unspecified atom stereocenters. The van der Waals surface area contributed by atoms with Crippen LogP contribution in [0.4, 0.5) is 0 Å². The van der Waals surface area contributed by atoms with E-state index in [0.717, 1.165) is 11.4 Å². The van der Waals surface area contributed by atoms with Crippen molar-refractivity contribution in [1.82, 2.24) is 10.3 Å². The van der Waals surface area contributed by atoms with E-state index in [-0.39, 0.29) is 11.7 Å². The Balaban J connectivity index is 2.05. The number of hydrogen-bond donors (Lipinski definition) is 2. The van der Waals surface area contributed by atoms with Crippen molar-refractivity contribution in [3.05, 3.63) is 39.8 Å². The van der Waals surface area contributed by atoms with Crippen LogP contribution in [0.25, 0.3) is 0 Å². The predicted molar refractivity (Wildman–Crippen MR) is 93.4 cm³/mol. The molecule has 0 radical (unpaired) electrons. The molecule has 0 fully saturated rings. The van der Waals surface area contributed by atoms with Crippen LogP contribution in [0.5, 0.6) is 11.5 Å². The van der Waals surface area contributed by atoms with Crippen molar-refractivity contribution >= 4 is 23.2 Å². The molecular weight excluding hydrogens is 344 g/mol. The summed E-state index contributed by atoms with van der Waals surface area (Å²) in [6.07, 6.45) is 2.73. The third-order valence-electron chi connectivity index (χ3n) is 3.21. The van der Waals surface area contributed by atoms with E-state index in [9.17, 15) is 9.59 Å². The number of amides is 1. The fraction of sp³-hybridized carbons (Fsp3) is 0.353. The van der Waals surface area contributed by atoms with Gasteiger partial charge in [0.05, 0.1) is 13.2 Å². The first-order chi connectivity index (χ1) is 12.0. The minimum Gasteiger partial charge on any atom is -0.490 e. The molecule has 1 heterocycles. The van der Waals surface area contributed by atoms with E-state index in [1.54, 1.807) is 24.3 Å². The van der Waals surface area contributed by atoms with Gasteiger partial charge in [-0.1, -0.05) is 6.92 Å². The van der Waals surface area contributed by atoms with Crippen molar-refractivity contribution in [2.24, 2.45) is 0 Å². The summed E-state index contributed by atoms with van der Waals surface area (Å²) in [6, 6.07) is 4.63. The Morgan fingerprint density at radius 3 is 2.68 bits per heavy atom. The van der Waals surface area contributed by atoms with Gasteiger partial charge in [-0.25, -0.2) is 9.78 Å². The molecule has 1 amide bonds. The van der Waals surface area contributed by atoms with Crippen LogP contribution in [0, 0.1) is 0 Å². The van der Waals surface area contributed by atoms with Crippen LogP contribution < -0.4 is 14.8 Å². The Kier molecular flexibility index (Phi) is 6.76. The Labute approximate surface area is 149 Å². The number of carbonyl (C=O) groups excluding carboxylic acids is 1. The summed E-state index contributed by atoms with van der Waals surface area (Å²) < 4.78 is 10.6. The zero-order valence-corrected chi connectivity index (χ0v) is 14.9. The van der Waals surface area contributed by atoms with E-state index in [0.29, 0.717) is 24.5 Å². The number of aliphatic carboxylic acids is 1. The minimum absolute atomic E-state index is 0.265. The van der Waals surface area contributed by atoms with Gasteiger partial charge in [0.1, 0.15) is 5.01 Å². The van der Waals surface area contributed by atoms with Crippen molar-refractivity contribution in [3.8, 4) is 11.5 Å². The van der Waals surface area contributed by atoms with Crippen molar-refractivity contribution in [2.45, 2.75) is 26.8 Å². The number of aryl methyl sites for hydroxylation is 1. The minimum atomic E-state index is -1.08. The van der Waals surface area contributed by atoms with Gasteiger partial charge in [0.15, 0.2) is 18.1 Å². The summed E-state index contributed by atoms with van der Waals surface area (Å²) in [7, 11) is 0. The molecule has 0 aliphatic rings. The maximum Gasteiger partial charge on any atom is 0.341 e. The molecule has 25 heavy (non-hydrogen) atoms. The molecule has 0 atom stereocenters. The number of carboxylic acids is 1. The topological polar surface area (TPSA) is 97.8 Å². The molecule has 0 saturated carbocycles.